The van der Waals surface area contributed by atoms with Crippen LogP contribution in [0.15, 0.2) is 35.5 Å². The van der Waals surface area contributed by atoms with Crippen LogP contribution in [0.5, 0.6) is 0 Å². The summed E-state index contributed by atoms with van der Waals surface area (Å²) in [6.07, 6.45) is 4.41. The van der Waals surface area contributed by atoms with Crippen LogP contribution in [-0.4, -0.2) is 48.4 Å². The minimum absolute atomic E-state index is 0.0113. The Balaban J connectivity index is 2.11. The Morgan fingerprint density at radius 1 is 1.24 bits per heavy atom. The SMILES string of the molecule is CCOCCn1c(=O)n(Cc2ncccn2)c2cc(C(=O)O)cnc21. The number of imidazole rings is 1. The summed E-state index contributed by atoms with van der Waals surface area (Å²) in [5.41, 5.74) is 0.536. The molecule has 0 bridgehead atoms. The fourth-order valence-corrected chi connectivity index (χ4v) is 2.52. The minimum atomic E-state index is -1.11. The number of fused-ring (bicyclic) bond motifs is 1. The van der Waals surface area contributed by atoms with Gasteiger partial charge in [0.1, 0.15) is 5.82 Å². The van der Waals surface area contributed by atoms with E-state index in [-0.39, 0.29) is 17.8 Å². The zero-order valence-electron chi connectivity index (χ0n) is 13.6. The Bertz CT molecular complexity index is 948. The third kappa shape index (κ3) is 3.41. The molecular weight excluding hydrogens is 326 g/mol. The number of nitrogens with zero attached hydrogens (tertiary/aromatic N) is 5. The lowest BCUT2D eigenvalue weighted by Gasteiger charge is -2.02. The summed E-state index contributed by atoms with van der Waals surface area (Å²) in [7, 11) is 0. The summed E-state index contributed by atoms with van der Waals surface area (Å²) < 4.78 is 8.21. The summed E-state index contributed by atoms with van der Waals surface area (Å²) in [5.74, 6) is -0.652. The summed E-state index contributed by atoms with van der Waals surface area (Å²) in [6, 6.07) is 3.12. The number of hydrogen-bond donors (Lipinski definition) is 1. The molecule has 0 aromatic carbocycles. The highest BCUT2D eigenvalue weighted by Crippen LogP contribution is 2.14. The highest BCUT2D eigenvalue weighted by molar-refractivity contribution is 5.90. The number of carboxylic acid groups (broad SMARTS) is 1. The van der Waals surface area contributed by atoms with Crippen molar-refractivity contribution < 1.29 is 14.6 Å². The molecule has 1 N–H and O–H groups in total. The first-order valence-electron chi connectivity index (χ1n) is 7.77. The number of aromatic carboxylic acids is 1. The molecule has 25 heavy (non-hydrogen) atoms. The van der Waals surface area contributed by atoms with Gasteiger partial charge in [0.05, 0.1) is 30.8 Å². The molecule has 0 atom stereocenters. The maximum absolute atomic E-state index is 12.8. The number of carbonyl (C=O) groups is 1. The van der Waals surface area contributed by atoms with Crippen molar-refractivity contribution in [1.29, 1.82) is 0 Å². The van der Waals surface area contributed by atoms with E-state index in [0.717, 1.165) is 0 Å². The van der Waals surface area contributed by atoms with Gasteiger partial charge in [0.25, 0.3) is 0 Å². The molecule has 0 aliphatic heterocycles. The van der Waals surface area contributed by atoms with Gasteiger partial charge in [-0.3, -0.25) is 9.13 Å². The van der Waals surface area contributed by atoms with Crippen molar-refractivity contribution in [3.63, 3.8) is 0 Å². The van der Waals surface area contributed by atoms with Crippen molar-refractivity contribution in [2.45, 2.75) is 20.0 Å². The van der Waals surface area contributed by atoms with E-state index in [1.165, 1.54) is 21.4 Å². The highest BCUT2D eigenvalue weighted by atomic mass is 16.5. The first-order chi connectivity index (χ1) is 12.1. The second-order valence-corrected chi connectivity index (χ2v) is 5.25. The molecule has 0 amide bonds. The predicted molar refractivity (Wildman–Crippen MR) is 88.6 cm³/mol. The number of rotatable bonds is 7. The van der Waals surface area contributed by atoms with E-state index in [1.54, 1.807) is 18.5 Å². The van der Waals surface area contributed by atoms with E-state index in [1.807, 2.05) is 6.92 Å². The molecule has 130 valence electrons. The first-order valence-corrected chi connectivity index (χ1v) is 7.77. The van der Waals surface area contributed by atoms with E-state index in [0.29, 0.717) is 36.7 Å². The van der Waals surface area contributed by atoms with Crippen molar-refractivity contribution in [2.75, 3.05) is 13.2 Å². The molecule has 3 rings (SSSR count). The topological polar surface area (TPSA) is 112 Å². The van der Waals surface area contributed by atoms with Gasteiger partial charge in [-0.1, -0.05) is 0 Å². The molecule has 0 radical (unpaired) electrons. The number of hydrogen-bond acceptors (Lipinski definition) is 6. The van der Waals surface area contributed by atoms with Crippen molar-refractivity contribution in [3.8, 4) is 0 Å². The normalized spacial score (nSPS) is 11.1. The largest absolute Gasteiger partial charge is 0.478 e. The molecule has 0 saturated heterocycles. The third-order valence-electron chi connectivity index (χ3n) is 3.68. The summed E-state index contributed by atoms with van der Waals surface area (Å²) in [4.78, 5) is 36.4. The quantitative estimate of drug-likeness (QED) is 0.631. The van der Waals surface area contributed by atoms with Crippen LogP contribution in [0.4, 0.5) is 0 Å². The predicted octanol–water partition coefficient (Wildman–Crippen LogP) is 0.771. The molecular formula is C16H17N5O4. The third-order valence-corrected chi connectivity index (χ3v) is 3.68. The molecule has 0 aliphatic carbocycles. The van der Waals surface area contributed by atoms with Gasteiger partial charge in [0.15, 0.2) is 5.65 Å². The number of pyridine rings is 1. The van der Waals surface area contributed by atoms with Crippen LogP contribution in [0.25, 0.3) is 11.2 Å². The van der Waals surface area contributed by atoms with E-state index >= 15 is 0 Å². The van der Waals surface area contributed by atoms with Gasteiger partial charge in [0.2, 0.25) is 0 Å². The van der Waals surface area contributed by atoms with Crippen molar-refractivity contribution in [1.82, 2.24) is 24.1 Å². The number of ether oxygens (including phenoxy) is 1. The molecule has 0 aliphatic rings. The lowest BCUT2D eigenvalue weighted by Crippen LogP contribution is -2.26. The Labute approximate surface area is 142 Å². The van der Waals surface area contributed by atoms with Gasteiger partial charge in [-0.05, 0) is 19.1 Å². The fourth-order valence-electron chi connectivity index (χ4n) is 2.52. The minimum Gasteiger partial charge on any atom is -0.478 e. The van der Waals surface area contributed by atoms with E-state index < -0.39 is 5.97 Å². The fraction of sp³-hybridized carbons (Fsp3) is 0.312. The van der Waals surface area contributed by atoms with Gasteiger partial charge in [-0.25, -0.2) is 24.5 Å². The summed E-state index contributed by atoms with van der Waals surface area (Å²) in [5, 5.41) is 9.20. The maximum Gasteiger partial charge on any atom is 0.337 e. The van der Waals surface area contributed by atoms with Crippen LogP contribution in [0.3, 0.4) is 0 Å². The molecule has 0 saturated carbocycles. The van der Waals surface area contributed by atoms with Crippen molar-refractivity contribution >= 4 is 17.1 Å². The van der Waals surface area contributed by atoms with Crippen LogP contribution in [0.2, 0.25) is 0 Å². The molecule has 3 aromatic heterocycles. The molecule has 3 heterocycles. The maximum atomic E-state index is 12.8. The molecule has 3 aromatic rings. The van der Waals surface area contributed by atoms with Gasteiger partial charge in [-0.2, -0.15) is 0 Å². The van der Waals surface area contributed by atoms with Crippen LogP contribution >= 0.6 is 0 Å². The zero-order chi connectivity index (χ0) is 17.8. The standard InChI is InChI=1S/C16H17N5O4/c1-2-25-7-6-20-14-12(8-11(9-19-14)15(22)23)21(16(20)24)10-13-17-4-3-5-18-13/h3-5,8-9H,2,6-7,10H2,1H3,(H,22,23). The van der Waals surface area contributed by atoms with Gasteiger partial charge in [-0.15, -0.1) is 0 Å². The monoisotopic (exact) mass is 343 g/mol. The summed E-state index contributed by atoms with van der Waals surface area (Å²) >= 11 is 0. The average molecular weight is 343 g/mol. The number of aromatic nitrogens is 5. The smallest absolute Gasteiger partial charge is 0.337 e. The van der Waals surface area contributed by atoms with E-state index in [4.69, 9.17) is 4.74 Å². The molecule has 0 unspecified atom stereocenters. The molecule has 9 heteroatoms. The molecule has 0 spiro atoms. The van der Waals surface area contributed by atoms with Gasteiger partial charge >= 0.3 is 11.7 Å². The molecule has 0 fully saturated rings. The Hall–Kier alpha value is -3.07. The zero-order valence-corrected chi connectivity index (χ0v) is 13.6. The van der Waals surface area contributed by atoms with Crippen LogP contribution < -0.4 is 5.69 Å². The Morgan fingerprint density at radius 2 is 2.00 bits per heavy atom. The van der Waals surface area contributed by atoms with E-state index in [2.05, 4.69) is 15.0 Å². The summed E-state index contributed by atoms with van der Waals surface area (Å²) in [6.45, 7) is 3.23. The highest BCUT2D eigenvalue weighted by Gasteiger charge is 2.17. The van der Waals surface area contributed by atoms with Crippen LogP contribution in [0, 0.1) is 0 Å². The van der Waals surface area contributed by atoms with Crippen molar-refractivity contribution in [2.24, 2.45) is 0 Å². The van der Waals surface area contributed by atoms with Crippen LogP contribution in [-0.2, 0) is 17.8 Å². The van der Waals surface area contributed by atoms with Gasteiger partial charge in [0, 0.05) is 25.2 Å². The Morgan fingerprint density at radius 3 is 2.68 bits per heavy atom. The lowest BCUT2D eigenvalue weighted by atomic mass is 10.2. The van der Waals surface area contributed by atoms with Gasteiger partial charge < -0.3 is 9.84 Å². The second kappa shape index (κ2) is 7.22. The van der Waals surface area contributed by atoms with Crippen molar-refractivity contribution in [3.05, 3.63) is 52.6 Å². The number of carboxylic acids is 1. The molecule has 9 nitrogen and oxygen atoms in total. The average Bonchev–Trinajstić information content (AvgIpc) is 2.88. The van der Waals surface area contributed by atoms with Crippen LogP contribution in [0.1, 0.15) is 23.1 Å². The Kier molecular flexibility index (Phi) is 4.85. The second-order valence-electron chi connectivity index (χ2n) is 5.25. The first kappa shape index (κ1) is 16.8. The lowest BCUT2D eigenvalue weighted by molar-refractivity contribution is 0.0696. The van der Waals surface area contributed by atoms with E-state index in [9.17, 15) is 14.7 Å².